The van der Waals surface area contributed by atoms with E-state index < -0.39 is 6.10 Å². The summed E-state index contributed by atoms with van der Waals surface area (Å²) in [6.07, 6.45) is 3.30. The second-order valence-electron chi connectivity index (χ2n) is 7.96. The molecule has 0 saturated heterocycles. The van der Waals surface area contributed by atoms with Gasteiger partial charge in [0.15, 0.2) is 11.5 Å². The molecule has 166 valence electrons. The molecule has 0 amide bonds. The van der Waals surface area contributed by atoms with Gasteiger partial charge in [-0.15, -0.1) is 0 Å². The summed E-state index contributed by atoms with van der Waals surface area (Å²) in [5, 5.41) is 22.5. The minimum Gasteiger partial charge on any atom is -0.491 e. The van der Waals surface area contributed by atoms with Crippen molar-refractivity contribution in [3.05, 3.63) is 48.0 Å². The first-order valence-corrected chi connectivity index (χ1v) is 10.6. The molecule has 10 heteroatoms. The van der Waals surface area contributed by atoms with Crippen molar-refractivity contribution in [1.29, 1.82) is 0 Å². The molecule has 1 aliphatic carbocycles. The molecular formula is C22H25N7O3. The highest BCUT2D eigenvalue weighted by Gasteiger charge is 2.27. The first-order valence-electron chi connectivity index (χ1n) is 10.6. The molecule has 3 heterocycles. The summed E-state index contributed by atoms with van der Waals surface area (Å²) in [4.78, 5) is 9.61. The number of fused-ring (bicyclic) bond motifs is 1. The molecule has 0 aliphatic heterocycles. The molecule has 1 atom stereocenters. The molecule has 1 fully saturated rings. The molecule has 10 nitrogen and oxygen atoms in total. The van der Waals surface area contributed by atoms with Gasteiger partial charge >= 0.3 is 0 Å². The number of aromatic nitrogens is 5. The Hall–Kier alpha value is -3.50. The predicted octanol–water partition coefficient (Wildman–Crippen LogP) is 2.44. The highest BCUT2D eigenvalue weighted by atomic mass is 16.5. The number of hydrogen-bond donors (Lipinski definition) is 3. The van der Waals surface area contributed by atoms with E-state index in [0.29, 0.717) is 30.0 Å². The van der Waals surface area contributed by atoms with Gasteiger partial charge in [0.1, 0.15) is 35.7 Å². The minimum atomic E-state index is -0.713. The highest BCUT2D eigenvalue weighted by Crippen LogP contribution is 2.37. The predicted molar refractivity (Wildman–Crippen MR) is 118 cm³/mol. The lowest BCUT2D eigenvalue weighted by atomic mass is 10.2. The summed E-state index contributed by atoms with van der Waals surface area (Å²) in [7, 11) is 0. The Morgan fingerprint density at radius 1 is 1.31 bits per heavy atom. The molecular weight excluding hydrogens is 410 g/mol. The van der Waals surface area contributed by atoms with E-state index in [4.69, 9.17) is 25.0 Å². The Labute approximate surface area is 184 Å². The Morgan fingerprint density at radius 3 is 2.94 bits per heavy atom. The molecule has 0 spiro atoms. The number of nitrogens with two attached hydrogens (primary N) is 1. The normalized spacial score (nSPS) is 14.6. The van der Waals surface area contributed by atoms with Crippen LogP contribution in [0.3, 0.4) is 0 Å². The van der Waals surface area contributed by atoms with Crippen LogP contribution >= 0.6 is 0 Å². The molecule has 4 N–H and O–H groups in total. The van der Waals surface area contributed by atoms with Gasteiger partial charge in [-0.2, -0.15) is 5.10 Å². The van der Waals surface area contributed by atoms with Gasteiger partial charge in [0.2, 0.25) is 0 Å². The molecule has 32 heavy (non-hydrogen) atoms. The number of hydrogen-bond acceptors (Lipinski definition) is 9. The molecule has 3 aromatic heterocycles. The molecule has 4 aromatic rings. The van der Waals surface area contributed by atoms with E-state index in [1.165, 1.54) is 0 Å². The Morgan fingerprint density at radius 2 is 2.19 bits per heavy atom. The van der Waals surface area contributed by atoms with Crippen LogP contribution < -0.4 is 15.8 Å². The van der Waals surface area contributed by atoms with Crippen molar-refractivity contribution in [1.82, 2.24) is 24.9 Å². The van der Waals surface area contributed by atoms with Crippen LogP contribution in [-0.4, -0.2) is 49.3 Å². The highest BCUT2D eigenvalue weighted by molar-refractivity contribution is 5.88. The van der Waals surface area contributed by atoms with E-state index in [9.17, 15) is 5.11 Å². The lowest BCUT2D eigenvalue weighted by molar-refractivity contribution is 0.114. The smallest absolute Gasteiger partial charge is 0.164 e. The van der Waals surface area contributed by atoms with Gasteiger partial charge in [-0.05, 0) is 31.9 Å². The maximum absolute atomic E-state index is 9.68. The summed E-state index contributed by atoms with van der Waals surface area (Å²) in [5.41, 5.74) is 7.84. The molecule has 1 aromatic carbocycles. The van der Waals surface area contributed by atoms with E-state index in [0.717, 1.165) is 40.9 Å². The van der Waals surface area contributed by atoms with Crippen molar-refractivity contribution in [3.63, 3.8) is 0 Å². The van der Waals surface area contributed by atoms with Crippen LogP contribution in [0.25, 0.3) is 22.4 Å². The summed E-state index contributed by atoms with van der Waals surface area (Å²) >= 11 is 0. The molecule has 0 bridgehead atoms. The van der Waals surface area contributed by atoms with Crippen LogP contribution in [0.2, 0.25) is 0 Å². The van der Waals surface area contributed by atoms with Crippen LogP contribution in [0.4, 0.5) is 5.82 Å². The quantitative estimate of drug-likeness (QED) is 0.362. The third kappa shape index (κ3) is 4.27. The molecule has 1 unspecified atom stereocenters. The fraction of sp³-hybridized carbons (Fsp3) is 0.364. The Kier molecular flexibility index (Phi) is 5.46. The lowest BCUT2D eigenvalue weighted by Gasteiger charge is -2.12. The Balaban J connectivity index is 1.49. The van der Waals surface area contributed by atoms with Crippen molar-refractivity contribution in [2.24, 2.45) is 5.73 Å². The Bertz CT molecular complexity index is 1230. The van der Waals surface area contributed by atoms with Crippen molar-refractivity contribution >= 4 is 16.9 Å². The van der Waals surface area contributed by atoms with E-state index in [2.05, 4.69) is 15.6 Å². The number of anilines is 1. The average Bonchev–Trinajstić information content (AvgIpc) is 3.43. The summed E-state index contributed by atoms with van der Waals surface area (Å²) in [5.74, 6) is 2.61. The summed E-state index contributed by atoms with van der Waals surface area (Å²) in [6, 6.07) is 9.75. The SMILES string of the molecule is Cc1cc(CNc2nc(-c3cccc(OCC(O)CN)c3)nc3c2cnn3C2CC2)no1. The fourth-order valence-electron chi connectivity index (χ4n) is 3.44. The summed E-state index contributed by atoms with van der Waals surface area (Å²) in [6.45, 7) is 2.60. The lowest BCUT2D eigenvalue weighted by Crippen LogP contribution is -2.26. The summed E-state index contributed by atoms with van der Waals surface area (Å²) < 4.78 is 12.8. The number of rotatable bonds is 9. The van der Waals surface area contributed by atoms with Gasteiger partial charge in [0, 0.05) is 18.2 Å². The van der Waals surface area contributed by atoms with Crippen LogP contribution in [0.1, 0.15) is 30.3 Å². The van der Waals surface area contributed by atoms with E-state index in [1.54, 1.807) is 0 Å². The first kappa shape index (κ1) is 20.4. The minimum absolute atomic E-state index is 0.123. The van der Waals surface area contributed by atoms with Crippen LogP contribution in [0, 0.1) is 6.92 Å². The van der Waals surface area contributed by atoms with E-state index >= 15 is 0 Å². The largest absolute Gasteiger partial charge is 0.491 e. The van der Waals surface area contributed by atoms with E-state index in [1.807, 2.05) is 48.1 Å². The second-order valence-corrected chi connectivity index (χ2v) is 7.96. The topological polar surface area (TPSA) is 137 Å². The van der Waals surface area contributed by atoms with Gasteiger partial charge < -0.3 is 25.4 Å². The van der Waals surface area contributed by atoms with Gasteiger partial charge in [0.05, 0.1) is 24.2 Å². The number of benzene rings is 1. The molecule has 0 radical (unpaired) electrons. The van der Waals surface area contributed by atoms with Crippen molar-refractivity contribution in [3.8, 4) is 17.1 Å². The van der Waals surface area contributed by atoms with Crippen molar-refractivity contribution < 1.29 is 14.4 Å². The van der Waals surface area contributed by atoms with Gasteiger partial charge in [-0.1, -0.05) is 17.3 Å². The number of ether oxygens (including phenoxy) is 1. The van der Waals surface area contributed by atoms with Crippen LogP contribution in [-0.2, 0) is 6.54 Å². The maximum Gasteiger partial charge on any atom is 0.164 e. The fourth-order valence-corrected chi connectivity index (χ4v) is 3.44. The number of nitrogens with one attached hydrogen (secondary N) is 1. The number of aryl methyl sites for hydroxylation is 1. The monoisotopic (exact) mass is 435 g/mol. The van der Waals surface area contributed by atoms with E-state index in [-0.39, 0.29) is 13.2 Å². The standard InChI is InChI=1S/C22H25N7O3/c1-13-7-15(28-32-13)10-24-21-19-11-25-29(16-5-6-16)22(19)27-20(26-21)14-3-2-4-18(8-14)31-12-17(30)9-23/h2-4,7-8,11,16-17,30H,5-6,9-10,12,23H2,1H3,(H,24,26,27). The maximum atomic E-state index is 9.68. The number of nitrogens with zero attached hydrogens (tertiary/aromatic N) is 5. The third-order valence-corrected chi connectivity index (χ3v) is 5.27. The number of aliphatic hydroxyl groups excluding tert-OH is 1. The van der Waals surface area contributed by atoms with Gasteiger partial charge in [-0.3, -0.25) is 0 Å². The van der Waals surface area contributed by atoms with Crippen molar-refractivity contribution in [2.75, 3.05) is 18.5 Å². The third-order valence-electron chi connectivity index (χ3n) is 5.27. The van der Waals surface area contributed by atoms with Crippen molar-refractivity contribution in [2.45, 2.75) is 38.5 Å². The zero-order valence-electron chi connectivity index (χ0n) is 17.7. The molecule has 5 rings (SSSR count). The zero-order chi connectivity index (χ0) is 22.1. The first-order chi connectivity index (χ1) is 15.6. The number of aliphatic hydroxyl groups is 1. The second kappa shape index (κ2) is 8.56. The van der Waals surface area contributed by atoms with Gasteiger partial charge in [-0.25, -0.2) is 14.6 Å². The molecule has 1 saturated carbocycles. The van der Waals surface area contributed by atoms with Gasteiger partial charge in [0.25, 0.3) is 0 Å². The van der Waals surface area contributed by atoms with Crippen LogP contribution in [0.15, 0.2) is 41.1 Å². The van der Waals surface area contributed by atoms with Crippen LogP contribution in [0.5, 0.6) is 5.75 Å². The molecule has 1 aliphatic rings. The average molecular weight is 435 g/mol. The zero-order valence-corrected chi connectivity index (χ0v) is 17.7.